The van der Waals surface area contributed by atoms with Gasteiger partial charge in [-0.3, -0.25) is 4.79 Å². The number of aliphatic hydroxyl groups is 1. The number of fused-ring (bicyclic) bond motifs is 1. The molecule has 1 saturated heterocycles. The van der Waals surface area contributed by atoms with Crippen LogP contribution in [0.1, 0.15) is 31.2 Å². The highest BCUT2D eigenvalue weighted by molar-refractivity contribution is 5.83. The van der Waals surface area contributed by atoms with Gasteiger partial charge in [-0.15, -0.1) is 0 Å². The fourth-order valence-electron chi connectivity index (χ4n) is 2.90. The van der Waals surface area contributed by atoms with Crippen molar-refractivity contribution >= 4 is 5.91 Å². The molecule has 2 unspecified atom stereocenters. The van der Waals surface area contributed by atoms with Gasteiger partial charge in [-0.1, -0.05) is 25.1 Å². The number of hydrogen-bond donors (Lipinski definition) is 1. The van der Waals surface area contributed by atoms with E-state index in [0.717, 1.165) is 11.3 Å². The van der Waals surface area contributed by atoms with Gasteiger partial charge in [0.1, 0.15) is 5.75 Å². The Morgan fingerprint density at radius 3 is 2.68 bits per heavy atom. The number of piperidine rings is 1. The first-order chi connectivity index (χ1) is 9.16. The van der Waals surface area contributed by atoms with Gasteiger partial charge in [0.05, 0.1) is 6.10 Å². The molecule has 102 valence electrons. The number of benzene rings is 1. The van der Waals surface area contributed by atoms with Gasteiger partial charge in [0.2, 0.25) is 0 Å². The van der Waals surface area contributed by atoms with E-state index in [4.69, 9.17) is 4.74 Å². The first kappa shape index (κ1) is 12.5. The molecule has 1 N–H and O–H groups in total. The number of nitrogens with zero attached hydrogens (tertiary/aromatic N) is 1. The van der Waals surface area contributed by atoms with Crippen LogP contribution in [-0.4, -0.2) is 41.2 Å². The summed E-state index contributed by atoms with van der Waals surface area (Å²) >= 11 is 0. The van der Waals surface area contributed by atoms with E-state index in [0.29, 0.717) is 25.9 Å². The van der Waals surface area contributed by atoms with Gasteiger partial charge in [0.15, 0.2) is 6.10 Å². The maximum absolute atomic E-state index is 12.5. The summed E-state index contributed by atoms with van der Waals surface area (Å²) in [6.45, 7) is 3.29. The fraction of sp³-hybridized carbons (Fsp3) is 0.533. The number of hydrogen-bond acceptors (Lipinski definition) is 3. The number of amides is 1. The summed E-state index contributed by atoms with van der Waals surface area (Å²) in [5.41, 5.74) is 1.11. The van der Waals surface area contributed by atoms with Gasteiger partial charge in [-0.2, -0.15) is 0 Å². The van der Waals surface area contributed by atoms with Crippen molar-refractivity contribution in [3.8, 4) is 5.75 Å². The Balaban J connectivity index is 1.73. The van der Waals surface area contributed by atoms with Crippen molar-refractivity contribution in [2.24, 2.45) is 0 Å². The van der Waals surface area contributed by atoms with Gasteiger partial charge >= 0.3 is 0 Å². The molecule has 0 aliphatic carbocycles. The molecule has 1 amide bonds. The van der Waals surface area contributed by atoms with E-state index in [1.807, 2.05) is 36.1 Å². The lowest BCUT2D eigenvalue weighted by molar-refractivity contribution is -0.140. The van der Waals surface area contributed by atoms with Crippen LogP contribution in [0.3, 0.4) is 0 Å². The second-order valence-corrected chi connectivity index (χ2v) is 5.42. The molecular weight excluding hydrogens is 242 g/mol. The molecule has 2 aliphatic rings. The maximum Gasteiger partial charge on any atom is 0.264 e. The van der Waals surface area contributed by atoms with E-state index < -0.39 is 6.10 Å². The molecule has 1 aromatic carbocycles. The Morgan fingerprint density at radius 2 is 2.00 bits per heavy atom. The van der Waals surface area contributed by atoms with E-state index in [1.165, 1.54) is 0 Å². The van der Waals surface area contributed by atoms with Gasteiger partial charge in [-0.25, -0.2) is 0 Å². The lowest BCUT2D eigenvalue weighted by Gasteiger charge is -2.32. The molecule has 1 fully saturated rings. The lowest BCUT2D eigenvalue weighted by Crippen LogP contribution is -2.47. The third-order valence-corrected chi connectivity index (χ3v) is 4.14. The first-order valence-electron chi connectivity index (χ1n) is 6.89. The number of carbonyl (C=O) groups excluding carboxylic acids is 1. The molecule has 4 heteroatoms. The molecule has 2 aliphatic heterocycles. The number of rotatable bonds is 1. The first-order valence-corrected chi connectivity index (χ1v) is 6.89. The van der Waals surface area contributed by atoms with Gasteiger partial charge in [0.25, 0.3) is 5.91 Å². The SMILES string of the molecule is CC1c2ccccc2OC1C(=O)N1CCC(O)CC1. The zero-order chi connectivity index (χ0) is 13.4. The zero-order valence-electron chi connectivity index (χ0n) is 11.1. The van der Waals surface area contributed by atoms with Crippen LogP contribution in [0, 0.1) is 0 Å². The minimum atomic E-state index is -0.410. The molecule has 0 aromatic heterocycles. The minimum absolute atomic E-state index is 0.0515. The summed E-state index contributed by atoms with van der Waals surface area (Å²) in [6.07, 6.45) is 0.662. The van der Waals surface area contributed by atoms with Crippen molar-refractivity contribution in [3.05, 3.63) is 29.8 Å². The fourth-order valence-corrected chi connectivity index (χ4v) is 2.90. The van der Waals surface area contributed by atoms with Crippen molar-refractivity contribution < 1.29 is 14.6 Å². The zero-order valence-corrected chi connectivity index (χ0v) is 11.1. The summed E-state index contributed by atoms with van der Waals surface area (Å²) < 4.78 is 5.81. The molecule has 2 atom stereocenters. The Bertz CT molecular complexity index is 480. The van der Waals surface area contributed by atoms with Crippen molar-refractivity contribution in [2.75, 3.05) is 13.1 Å². The molecule has 0 bridgehead atoms. The standard InChI is InChI=1S/C15H19NO3/c1-10-12-4-2-3-5-13(12)19-14(10)15(18)16-8-6-11(17)7-9-16/h2-5,10-11,14,17H,6-9H2,1H3. The van der Waals surface area contributed by atoms with E-state index >= 15 is 0 Å². The van der Waals surface area contributed by atoms with E-state index in [2.05, 4.69) is 0 Å². The normalized spacial score (nSPS) is 26.9. The quantitative estimate of drug-likeness (QED) is 0.834. The highest BCUT2D eigenvalue weighted by atomic mass is 16.5. The summed E-state index contributed by atoms with van der Waals surface area (Å²) in [6, 6.07) is 7.84. The molecule has 0 saturated carbocycles. The number of para-hydroxylation sites is 1. The van der Waals surface area contributed by atoms with Crippen LogP contribution in [0.25, 0.3) is 0 Å². The largest absolute Gasteiger partial charge is 0.480 e. The van der Waals surface area contributed by atoms with E-state index in [1.54, 1.807) is 0 Å². The lowest BCUT2D eigenvalue weighted by atomic mass is 9.96. The van der Waals surface area contributed by atoms with Crippen LogP contribution in [0.15, 0.2) is 24.3 Å². The second kappa shape index (κ2) is 4.85. The molecule has 3 rings (SSSR count). The van der Waals surface area contributed by atoms with Crippen molar-refractivity contribution in [2.45, 2.75) is 37.9 Å². The number of carbonyl (C=O) groups is 1. The van der Waals surface area contributed by atoms with Gasteiger partial charge in [-0.05, 0) is 18.9 Å². The summed E-state index contributed by atoms with van der Waals surface area (Å²) in [5.74, 6) is 0.969. The van der Waals surface area contributed by atoms with Crippen LogP contribution in [0.4, 0.5) is 0 Å². The van der Waals surface area contributed by atoms with Gasteiger partial charge in [0, 0.05) is 24.6 Å². The number of aliphatic hydroxyl groups excluding tert-OH is 1. The van der Waals surface area contributed by atoms with E-state index in [9.17, 15) is 9.90 Å². The number of ether oxygens (including phenoxy) is 1. The van der Waals surface area contributed by atoms with E-state index in [-0.39, 0.29) is 17.9 Å². The molecule has 0 radical (unpaired) electrons. The Hall–Kier alpha value is -1.55. The monoisotopic (exact) mass is 261 g/mol. The molecule has 1 aromatic rings. The average Bonchev–Trinajstić information content (AvgIpc) is 2.77. The summed E-state index contributed by atoms with van der Waals surface area (Å²) in [7, 11) is 0. The predicted octanol–water partition coefficient (Wildman–Crippen LogP) is 1.53. The van der Waals surface area contributed by atoms with Crippen LogP contribution in [-0.2, 0) is 4.79 Å². The summed E-state index contributed by atoms with van der Waals surface area (Å²) in [5, 5.41) is 9.50. The second-order valence-electron chi connectivity index (χ2n) is 5.42. The number of likely N-dealkylation sites (tertiary alicyclic amines) is 1. The molecular formula is C15H19NO3. The summed E-state index contributed by atoms with van der Waals surface area (Å²) in [4.78, 5) is 14.3. The molecule has 19 heavy (non-hydrogen) atoms. The highest BCUT2D eigenvalue weighted by Crippen LogP contribution is 2.38. The van der Waals surface area contributed by atoms with Crippen molar-refractivity contribution in [1.29, 1.82) is 0 Å². The predicted molar refractivity (Wildman–Crippen MR) is 71.1 cm³/mol. The minimum Gasteiger partial charge on any atom is -0.480 e. The maximum atomic E-state index is 12.5. The molecule has 0 spiro atoms. The smallest absolute Gasteiger partial charge is 0.264 e. The Kier molecular flexibility index (Phi) is 3.19. The Morgan fingerprint density at radius 1 is 1.32 bits per heavy atom. The van der Waals surface area contributed by atoms with Crippen LogP contribution >= 0.6 is 0 Å². The third kappa shape index (κ3) is 2.21. The third-order valence-electron chi connectivity index (χ3n) is 4.14. The topological polar surface area (TPSA) is 49.8 Å². The van der Waals surface area contributed by atoms with Crippen LogP contribution in [0.5, 0.6) is 5.75 Å². The van der Waals surface area contributed by atoms with Crippen molar-refractivity contribution in [3.63, 3.8) is 0 Å². The highest BCUT2D eigenvalue weighted by Gasteiger charge is 2.39. The van der Waals surface area contributed by atoms with Gasteiger partial charge < -0.3 is 14.7 Å². The molecule has 2 heterocycles. The van der Waals surface area contributed by atoms with Crippen LogP contribution < -0.4 is 4.74 Å². The Labute approximate surface area is 113 Å². The average molecular weight is 261 g/mol. The van der Waals surface area contributed by atoms with Crippen LogP contribution in [0.2, 0.25) is 0 Å². The molecule has 4 nitrogen and oxygen atoms in total. The van der Waals surface area contributed by atoms with Crippen molar-refractivity contribution in [1.82, 2.24) is 4.90 Å².